The fraction of sp³-hybridized carbons (Fsp3) is 0.353. The minimum absolute atomic E-state index is 0.778. The number of halogens is 1. The van der Waals surface area contributed by atoms with Gasteiger partial charge in [-0.05, 0) is 62.5 Å². The minimum Gasteiger partial charge on any atom is -0.370 e. The van der Waals surface area contributed by atoms with Gasteiger partial charge in [0.1, 0.15) is 0 Å². The molecule has 0 saturated heterocycles. The van der Waals surface area contributed by atoms with Crippen molar-refractivity contribution in [3.05, 3.63) is 59.4 Å². The monoisotopic (exact) mass is 303 g/mol. The second-order valence-electron chi connectivity index (χ2n) is 5.37. The third kappa shape index (κ3) is 5.37. The number of rotatable bonds is 7. The van der Waals surface area contributed by atoms with Gasteiger partial charge in [-0.25, -0.2) is 0 Å². The summed E-state index contributed by atoms with van der Waals surface area (Å²) < 4.78 is 0. The lowest BCUT2D eigenvalue weighted by Crippen LogP contribution is -2.33. The second kappa shape index (κ2) is 8.01. The van der Waals surface area contributed by atoms with Gasteiger partial charge < -0.3 is 9.80 Å². The van der Waals surface area contributed by atoms with E-state index < -0.39 is 0 Å². The summed E-state index contributed by atoms with van der Waals surface area (Å²) in [7, 11) is 4.20. The Morgan fingerprint density at radius 3 is 2.19 bits per heavy atom. The molecule has 0 aliphatic carbocycles. The highest BCUT2D eigenvalue weighted by Gasteiger charge is 2.07. The van der Waals surface area contributed by atoms with Gasteiger partial charge in [-0.3, -0.25) is 4.98 Å². The van der Waals surface area contributed by atoms with Crippen LogP contribution in [0.1, 0.15) is 5.56 Å². The molecule has 2 aromatic rings. The Morgan fingerprint density at radius 2 is 1.57 bits per heavy atom. The highest BCUT2D eigenvalue weighted by molar-refractivity contribution is 6.30. The van der Waals surface area contributed by atoms with Crippen molar-refractivity contribution in [2.45, 2.75) is 6.42 Å². The SMILES string of the molecule is CN(C)CCN(CCc1ccncc1)c1ccc(Cl)cc1. The Labute approximate surface area is 132 Å². The lowest BCUT2D eigenvalue weighted by atomic mass is 10.2. The molecular formula is C17H22ClN3. The predicted octanol–water partition coefficient (Wildman–Crippen LogP) is 3.35. The molecule has 0 fully saturated rings. The van der Waals surface area contributed by atoms with Crippen LogP contribution in [0.5, 0.6) is 0 Å². The van der Waals surface area contributed by atoms with Crippen LogP contribution in [0, 0.1) is 0 Å². The number of nitrogens with zero attached hydrogens (tertiary/aromatic N) is 3. The maximum atomic E-state index is 5.98. The summed E-state index contributed by atoms with van der Waals surface area (Å²) in [5.41, 5.74) is 2.53. The zero-order chi connectivity index (χ0) is 15.1. The minimum atomic E-state index is 0.778. The highest BCUT2D eigenvalue weighted by Crippen LogP contribution is 2.18. The number of hydrogen-bond donors (Lipinski definition) is 0. The van der Waals surface area contributed by atoms with Gasteiger partial charge in [0.15, 0.2) is 0 Å². The van der Waals surface area contributed by atoms with Crippen LogP contribution in [0.4, 0.5) is 5.69 Å². The highest BCUT2D eigenvalue weighted by atomic mass is 35.5. The number of pyridine rings is 1. The Kier molecular flexibility index (Phi) is 6.03. The van der Waals surface area contributed by atoms with Crippen LogP contribution >= 0.6 is 11.6 Å². The smallest absolute Gasteiger partial charge is 0.0407 e. The van der Waals surface area contributed by atoms with Crippen LogP contribution in [0.3, 0.4) is 0 Å². The summed E-state index contributed by atoms with van der Waals surface area (Å²) in [6, 6.07) is 12.2. The average Bonchev–Trinajstić information content (AvgIpc) is 2.49. The quantitative estimate of drug-likeness (QED) is 0.782. The molecule has 3 nitrogen and oxygen atoms in total. The van der Waals surface area contributed by atoms with E-state index in [0.29, 0.717) is 0 Å². The van der Waals surface area contributed by atoms with Gasteiger partial charge in [0.05, 0.1) is 0 Å². The van der Waals surface area contributed by atoms with Crippen molar-refractivity contribution < 1.29 is 0 Å². The zero-order valence-corrected chi connectivity index (χ0v) is 13.4. The summed E-state index contributed by atoms with van der Waals surface area (Å²) in [6.45, 7) is 3.01. The standard InChI is InChI=1S/C17H22ClN3/c1-20(2)13-14-21(17-5-3-16(18)4-6-17)12-9-15-7-10-19-11-8-15/h3-8,10-11H,9,12-14H2,1-2H3. The first-order chi connectivity index (χ1) is 10.1. The Hall–Kier alpha value is -1.58. The number of likely N-dealkylation sites (N-methyl/N-ethyl adjacent to an activating group) is 1. The molecule has 0 amide bonds. The van der Waals surface area contributed by atoms with Gasteiger partial charge >= 0.3 is 0 Å². The lowest BCUT2D eigenvalue weighted by molar-refractivity contribution is 0.413. The molecule has 0 aliphatic rings. The predicted molar refractivity (Wildman–Crippen MR) is 90.2 cm³/mol. The van der Waals surface area contributed by atoms with Gasteiger partial charge in [-0.15, -0.1) is 0 Å². The number of hydrogen-bond acceptors (Lipinski definition) is 3. The third-order valence-electron chi connectivity index (χ3n) is 3.43. The van der Waals surface area contributed by atoms with Gasteiger partial charge in [-0.1, -0.05) is 11.6 Å². The van der Waals surface area contributed by atoms with Crippen LogP contribution in [-0.4, -0.2) is 43.6 Å². The van der Waals surface area contributed by atoms with Gasteiger partial charge in [0.2, 0.25) is 0 Å². The fourth-order valence-electron chi connectivity index (χ4n) is 2.16. The summed E-state index contributed by atoms with van der Waals surface area (Å²) in [6.07, 6.45) is 4.71. The van der Waals surface area contributed by atoms with E-state index in [9.17, 15) is 0 Å². The first kappa shape index (κ1) is 15.8. The Bertz CT molecular complexity index is 525. The van der Waals surface area contributed by atoms with E-state index in [4.69, 9.17) is 11.6 Å². The first-order valence-corrected chi connectivity index (χ1v) is 7.57. The van der Waals surface area contributed by atoms with Crippen molar-refractivity contribution >= 4 is 17.3 Å². The summed E-state index contributed by atoms with van der Waals surface area (Å²) in [5, 5.41) is 0.778. The molecule has 0 saturated carbocycles. The zero-order valence-electron chi connectivity index (χ0n) is 12.7. The maximum absolute atomic E-state index is 5.98. The van der Waals surface area contributed by atoms with Crippen molar-refractivity contribution in [1.29, 1.82) is 0 Å². The van der Waals surface area contributed by atoms with E-state index in [0.717, 1.165) is 31.1 Å². The summed E-state index contributed by atoms with van der Waals surface area (Å²) >= 11 is 5.98. The van der Waals surface area contributed by atoms with E-state index in [1.54, 1.807) is 0 Å². The molecule has 0 unspecified atom stereocenters. The van der Waals surface area contributed by atoms with Crippen LogP contribution in [-0.2, 0) is 6.42 Å². The van der Waals surface area contributed by atoms with Crippen LogP contribution < -0.4 is 4.90 Å². The van der Waals surface area contributed by atoms with Crippen molar-refractivity contribution in [2.75, 3.05) is 38.6 Å². The molecule has 0 spiro atoms. The van der Waals surface area contributed by atoms with E-state index in [1.807, 2.05) is 24.5 Å². The summed E-state index contributed by atoms with van der Waals surface area (Å²) in [4.78, 5) is 8.67. The molecule has 21 heavy (non-hydrogen) atoms. The third-order valence-corrected chi connectivity index (χ3v) is 3.68. The lowest BCUT2D eigenvalue weighted by Gasteiger charge is -2.26. The van der Waals surface area contributed by atoms with Crippen LogP contribution in [0.15, 0.2) is 48.8 Å². The number of aromatic nitrogens is 1. The molecule has 0 N–H and O–H groups in total. The van der Waals surface area contributed by atoms with Crippen molar-refractivity contribution in [3.8, 4) is 0 Å². The Balaban J connectivity index is 2.03. The van der Waals surface area contributed by atoms with Crippen LogP contribution in [0.25, 0.3) is 0 Å². The van der Waals surface area contributed by atoms with E-state index in [-0.39, 0.29) is 0 Å². The van der Waals surface area contributed by atoms with Crippen LogP contribution in [0.2, 0.25) is 5.02 Å². The molecule has 4 heteroatoms. The van der Waals surface area contributed by atoms with Gasteiger partial charge in [0, 0.05) is 42.7 Å². The molecule has 2 rings (SSSR count). The van der Waals surface area contributed by atoms with Crippen molar-refractivity contribution in [1.82, 2.24) is 9.88 Å². The topological polar surface area (TPSA) is 19.4 Å². The molecule has 112 valence electrons. The molecule has 0 bridgehead atoms. The second-order valence-corrected chi connectivity index (χ2v) is 5.81. The van der Waals surface area contributed by atoms with Crippen molar-refractivity contribution in [3.63, 3.8) is 0 Å². The fourth-order valence-corrected chi connectivity index (χ4v) is 2.28. The first-order valence-electron chi connectivity index (χ1n) is 7.19. The van der Waals surface area contributed by atoms with Gasteiger partial charge in [0.25, 0.3) is 0 Å². The molecule has 1 aromatic heterocycles. The van der Waals surface area contributed by atoms with Crippen molar-refractivity contribution in [2.24, 2.45) is 0 Å². The molecule has 0 atom stereocenters. The van der Waals surface area contributed by atoms with E-state index in [1.165, 1.54) is 11.3 Å². The molecule has 1 aromatic carbocycles. The Morgan fingerprint density at radius 1 is 0.905 bits per heavy atom. The maximum Gasteiger partial charge on any atom is 0.0407 e. The molecular weight excluding hydrogens is 282 g/mol. The molecule has 1 heterocycles. The normalized spacial score (nSPS) is 10.9. The molecule has 0 radical (unpaired) electrons. The van der Waals surface area contributed by atoms with E-state index in [2.05, 4.69) is 53.1 Å². The molecule has 0 aliphatic heterocycles. The summed E-state index contributed by atoms with van der Waals surface area (Å²) in [5.74, 6) is 0. The average molecular weight is 304 g/mol. The number of benzene rings is 1. The largest absolute Gasteiger partial charge is 0.370 e. The number of anilines is 1. The van der Waals surface area contributed by atoms with E-state index >= 15 is 0 Å². The van der Waals surface area contributed by atoms with Gasteiger partial charge in [-0.2, -0.15) is 0 Å².